The van der Waals surface area contributed by atoms with Crippen LogP contribution in [0.5, 0.6) is 0 Å². The lowest BCUT2D eigenvalue weighted by Gasteiger charge is -2.18. The molecule has 0 N–H and O–H groups in total. The van der Waals surface area contributed by atoms with E-state index < -0.39 is 0 Å². The lowest BCUT2D eigenvalue weighted by atomic mass is 10.2. The van der Waals surface area contributed by atoms with E-state index in [2.05, 4.69) is 10.2 Å². The average molecular weight is 406 g/mol. The Morgan fingerprint density at radius 2 is 1.63 bits per heavy atom. The second kappa shape index (κ2) is 8.65. The molecule has 3 heterocycles. The fraction of sp³-hybridized carbons (Fsp3) is 0.391. The monoisotopic (exact) mass is 405 g/mol. The Kier molecular flexibility index (Phi) is 5.79. The number of amides is 1. The largest absolute Gasteiger partial charge is 0.337 e. The zero-order valence-corrected chi connectivity index (χ0v) is 17.5. The molecule has 0 aliphatic carbocycles. The van der Waals surface area contributed by atoms with E-state index in [0.29, 0.717) is 17.1 Å². The molecule has 0 saturated carbocycles. The van der Waals surface area contributed by atoms with E-state index in [9.17, 15) is 9.59 Å². The van der Waals surface area contributed by atoms with Crippen molar-refractivity contribution in [2.75, 3.05) is 13.1 Å². The van der Waals surface area contributed by atoms with Crippen molar-refractivity contribution in [1.82, 2.24) is 24.5 Å². The number of para-hydroxylation sites is 1. The van der Waals surface area contributed by atoms with Crippen LogP contribution in [0.3, 0.4) is 0 Å². The van der Waals surface area contributed by atoms with Crippen LogP contribution in [-0.4, -0.2) is 43.5 Å². The second-order valence-corrected chi connectivity index (χ2v) is 7.96. The fourth-order valence-corrected chi connectivity index (χ4v) is 3.80. The van der Waals surface area contributed by atoms with Gasteiger partial charge in [-0.2, -0.15) is 10.2 Å². The van der Waals surface area contributed by atoms with E-state index in [1.807, 2.05) is 49.1 Å². The van der Waals surface area contributed by atoms with Gasteiger partial charge in [-0.25, -0.2) is 9.36 Å². The molecule has 0 spiro atoms. The minimum absolute atomic E-state index is 0.0509. The van der Waals surface area contributed by atoms with Gasteiger partial charge < -0.3 is 4.90 Å². The number of carbonyl (C=O) groups excluding carboxylic acids is 1. The molecule has 7 heteroatoms. The predicted molar refractivity (Wildman–Crippen MR) is 116 cm³/mol. The molecule has 1 amide bonds. The molecule has 30 heavy (non-hydrogen) atoms. The van der Waals surface area contributed by atoms with Gasteiger partial charge in [0.25, 0.3) is 11.5 Å². The Hall–Kier alpha value is -3.22. The third kappa shape index (κ3) is 4.06. The number of hydrogen-bond donors (Lipinski definition) is 0. The molecule has 4 rings (SSSR count). The maximum absolute atomic E-state index is 13.2. The van der Waals surface area contributed by atoms with Crippen LogP contribution in [-0.2, 0) is 0 Å². The molecule has 1 aromatic carbocycles. The first-order valence-electron chi connectivity index (χ1n) is 10.6. The first-order valence-corrected chi connectivity index (χ1v) is 10.6. The van der Waals surface area contributed by atoms with Crippen molar-refractivity contribution in [2.24, 2.45) is 0 Å². The number of likely N-dealkylation sites (tertiary alicyclic amines) is 1. The Bertz CT molecular complexity index is 1080. The molecule has 1 fully saturated rings. The maximum atomic E-state index is 13.2. The topological polar surface area (TPSA) is 73.0 Å². The summed E-state index contributed by atoms with van der Waals surface area (Å²) in [6.45, 7) is 5.37. The van der Waals surface area contributed by atoms with Gasteiger partial charge in [0.15, 0.2) is 5.69 Å². The number of rotatable bonds is 4. The molecule has 1 aliphatic rings. The van der Waals surface area contributed by atoms with Gasteiger partial charge in [0.1, 0.15) is 5.69 Å². The number of nitrogens with zero attached hydrogens (tertiary/aromatic N) is 5. The summed E-state index contributed by atoms with van der Waals surface area (Å²) < 4.78 is 3.19. The van der Waals surface area contributed by atoms with Gasteiger partial charge in [-0.05, 0) is 51.0 Å². The summed E-state index contributed by atoms with van der Waals surface area (Å²) in [5, 5.41) is 9.20. The quantitative estimate of drug-likeness (QED) is 0.664. The molecule has 0 radical (unpaired) electrons. The number of hydrogen-bond acceptors (Lipinski definition) is 4. The second-order valence-electron chi connectivity index (χ2n) is 7.96. The highest BCUT2D eigenvalue weighted by molar-refractivity contribution is 5.93. The number of carbonyl (C=O) groups is 1. The van der Waals surface area contributed by atoms with Crippen molar-refractivity contribution >= 4 is 5.91 Å². The molecular weight excluding hydrogens is 378 g/mol. The number of benzene rings is 1. The van der Waals surface area contributed by atoms with Gasteiger partial charge in [-0.15, -0.1) is 0 Å². The van der Waals surface area contributed by atoms with E-state index in [-0.39, 0.29) is 17.5 Å². The Balaban J connectivity index is 1.80. The van der Waals surface area contributed by atoms with Crippen LogP contribution in [0.4, 0.5) is 0 Å². The Morgan fingerprint density at radius 3 is 2.30 bits per heavy atom. The van der Waals surface area contributed by atoms with E-state index in [0.717, 1.165) is 44.5 Å². The Morgan fingerprint density at radius 1 is 0.933 bits per heavy atom. The van der Waals surface area contributed by atoms with Crippen LogP contribution in [0.2, 0.25) is 0 Å². The summed E-state index contributed by atoms with van der Waals surface area (Å²) in [4.78, 5) is 27.3. The van der Waals surface area contributed by atoms with Gasteiger partial charge in [-0.3, -0.25) is 9.59 Å². The van der Waals surface area contributed by atoms with E-state index in [1.54, 1.807) is 16.8 Å². The van der Waals surface area contributed by atoms with Crippen molar-refractivity contribution in [2.45, 2.75) is 45.6 Å². The van der Waals surface area contributed by atoms with Crippen LogP contribution in [0.15, 0.2) is 53.3 Å². The predicted octanol–water partition coefficient (Wildman–Crippen LogP) is 3.69. The zero-order valence-electron chi connectivity index (χ0n) is 17.5. The van der Waals surface area contributed by atoms with E-state index in [4.69, 9.17) is 0 Å². The maximum Gasteiger partial charge on any atom is 0.274 e. The number of aromatic nitrogens is 4. The minimum atomic E-state index is -0.152. The molecule has 2 aromatic heterocycles. The van der Waals surface area contributed by atoms with Crippen LogP contribution in [0.1, 0.15) is 56.1 Å². The smallest absolute Gasteiger partial charge is 0.274 e. The zero-order chi connectivity index (χ0) is 21.1. The van der Waals surface area contributed by atoms with Crippen molar-refractivity contribution in [3.05, 3.63) is 64.6 Å². The summed E-state index contributed by atoms with van der Waals surface area (Å²) in [6, 6.07) is 14.6. The molecule has 1 saturated heterocycles. The summed E-state index contributed by atoms with van der Waals surface area (Å²) in [5.74, 6) is -0.0509. The molecule has 156 valence electrons. The summed E-state index contributed by atoms with van der Waals surface area (Å²) in [6.07, 6.45) is 4.38. The minimum Gasteiger partial charge on any atom is -0.337 e. The van der Waals surface area contributed by atoms with E-state index >= 15 is 0 Å². The van der Waals surface area contributed by atoms with Crippen molar-refractivity contribution in [1.29, 1.82) is 0 Å². The fourth-order valence-electron chi connectivity index (χ4n) is 3.80. The summed E-state index contributed by atoms with van der Waals surface area (Å²) >= 11 is 0. The average Bonchev–Trinajstić information content (AvgIpc) is 3.02. The molecule has 0 bridgehead atoms. The lowest BCUT2D eigenvalue weighted by Crippen LogP contribution is -2.32. The van der Waals surface area contributed by atoms with E-state index in [1.165, 1.54) is 10.7 Å². The van der Waals surface area contributed by atoms with Crippen molar-refractivity contribution in [3.8, 4) is 17.1 Å². The molecule has 1 aliphatic heterocycles. The molecular formula is C23H27N5O2. The van der Waals surface area contributed by atoms with Crippen molar-refractivity contribution < 1.29 is 4.79 Å². The first kappa shape index (κ1) is 20.1. The highest BCUT2D eigenvalue weighted by Gasteiger charge is 2.23. The highest BCUT2D eigenvalue weighted by Crippen LogP contribution is 2.23. The third-order valence-electron chi connectivity index (χ3n) is 5.40. The lowest BCUT2D eigenvalue weighted by molar-refractivity contribution is 0.0755. The third-order valence-corrected chi connectivity index (χ3v) is 5.40. The highest BCUT2D eigenvalue weighted by atomic mass is 16.2. The summed E-state index contributed by atoms with van der Waals surface area (Å²) in [7, 11) is 0. The van der Waals surface area contributed by atoms with Gasteiger partial charge in [-0.1, -0.05) is 31.0 Å². The standard InChI is InChI=1S/C23H27N5O2/c1-17(2)27-22(29)13-12-19(24-27)21-16-20(23(30)26-14-8-3-4-9-15-26)25-28(21)18-10-6-5-7-11-18/h5-7,10-13,16-17H,3-4,8-9,14-15H2,1-2H3. The Labute approximate surface area is 175 Å². The molecule has 0 atom stereocenters. The molecule has 7 nitrogen and oxygen atoms in total. The van der Waals surface area contributed by atoms with Crippen molar-refractivity contribution in [3.63, 3.8) is 0 Å². The summed E-state index contributed by atoms with van der Waals surface area (Å²) in [5.41, 5.74) is 2.38. The van der Waals surface area contributed by atoms with Gasteiger partial charge in [0.05, 0.1) is 17.4 Å². The van der Waals surface area contributed by atoms with Gasteiger partial charge in [0, 0.05) is 19.2 Å². The first-order chi connectivity index (χ1) is 14.5. The molecule has 0 unspecified atom stereocenters. The normalized spacial score (nSPS) is 14.7. The van der Waals surface area contributed by atoms with Gasteiger partial charge >= 0.3 is 0 Å². The van der Waals surface area contributed by atoms with Crippen LogP contribution in [0, 0.1) is 0 Å². The van der Waals surface area contributed by atoms with Crippen LogP contribution < -0.4 is 5.56 Å². The SMILES string of the molecule is CC(C)n1nc(-c2cc(C(=O)N3CCCCCC3)nn2-c2ccccc2)ccc1=O. The van der Waals surface area contributed by atoms with Gasteiger partial charge in [0.2, 0.25) is 0 Å². The molecule has 3 aromatic rings. The van der Waals surface area contributed by atoms with Crippen LogP contribution in [0.25, 0.3) is 17.1 Å². The van der Waals surface area contributed by atoms with Crippen LogP contribution >= 0.6 is 0 Å².